The quantitative estimate of drug-likeness (QED) is 0.280. The largest absolute Gasteiger partial charge is 0.394 e. The van der Waals surface area contributed by atoms with Crippen LogP contribution in [0.3, 0.4) is 0 Å². The van der Waals surface area contributed by atoms with E-state index >= 15 is 0 Å². The zero-order chi connectivity index (χ0) is 9.72. The van der Waals surface area contributed by atoms with Crippen molar-refractivity contribution >= 4 is 6.29 Å². The minimum absolute atomic E-state index is 0.248. The molecule has 0 aliphatic rings. The number of aliphatic hydroxyl groups excluding tert-OH is 4. The molecule has 6 N–H and O–H groups in total. The average Bonchev–Trinajstić information content (AvgIpc) is 2.12. The van der Waals surface area contributed by atoms with Crippen molar-refractivity contribution in [1.82, 2.24) is 0 Å². The van der Waals surface area contributed by atoms with Crippen molar-refractivity contribution in [2.45, 2.75) is 24.4 Å². The lowest BCUT2D eigenvalue weighted by Crippen LogP contribution is -2.49. The van der Waals surface area contributed by atoms with Crippen LogP contribution in [0.5, 0.6) is 0 Å². The summed E-state index contributed by atoms with van der Waals surface area (Å²) in [5, 5.41) is 35.2. The van der Waals surface area contributed by atoms with Gasteiger partial charge in [-0.25, -0.2) is 0 Å². The van der Waals surface area contributed by atoms with E-state index in [1.54, 1.807) is 0 Å². The molecule has 0 aliphatic carbocycles. The first-order valence-corrected chi connectivity index (χ1v) is 3.40. The molecule has 0 aromatic carbocycles. The molecule has 0 amide bonds. The van der Waals surface area contributed by atoms with Crippen LogP contribution in [0.2, 0.25) is 0 Å². The third-order valence-electron chi connectivity index (χ3n) is 1.48. The molecule has 0 rings (SSSR count). The van der Waals surface area contributed by atoms with E-state index in [0.717, 1.165) is 0 Å². The van der Waals surface area contributed by atoms with Crippen molar-refractivity contribution in [3.05, 3.63) is 0 Å². The summed E-state index contributed by atoms with van der Waals surface area (Å²) in [6.45, 7) is -0.705. The van der Waals surface area contributed by atoms with Gasteiger partial charge >= 0.3 is 0 Å². The number of aliphatic hydroxyl groups is 4. The molecule has 0 aromatic heterocycles. The topological polar surface area (TPSA) is 124 Å². The summed E-state index contributed by atoms with van der Waals surface area (Å²) >= 11 is 0. The highest BCUT2D eigenvalue weighted by atomic mass is 16.4. The van der Waals surface area contributed by atoms with Crippen LogP contribution in [0.15, 0.2) is 0 Å². The van der Waals surface area contributed by atoms with Crippen LogP contribution in [0.1, 0.15) is 0 Å². The Morgan fingerprint density at radius 1 is 1.25 bits per heavy atom. The van der Waals surface area contributed by atoms with Crippen molar-refractivity contribution < 1.29 is 25.2 Å². The molecule has 0 fully saturated rings. The van der Waals surface area contributed by atoms with E-state index in [-0.39, 0.29) is 6.29 Å². The van der Waals surface area contributed by atoms with Gasteiger partial charge in [0.2, 0.25) is 0 Å². The Kier molecular flexibility index (Phi) is 4.95. The van der Waals surface area contributed by atoms with Gasteiger partial charge in [0.05, 0.1) is 12.6 Å². The smallest absolute Gasteiger partial charge is 0.139 e. The van der Waals surface area contributed by atoms with Crippen LogP contribution in [-0.2, 0) is 4.79 Å². The molecule has 4 atom stereocenters. The maximum Gasteiger partial charge on any atom is 0.139 e. The van der Waals surface area contributed by atoms with Crippen molar-refractivity contribution in [3.8, 4) is 0 Å². The van der Waals surface area contributed by atoms with Gasteiger partial charge in [0.1, 0.15) is 24.6 Å². The van der Waals surface area contributed by atoms with E-state index < -0.39 is 31.0 Å². The number of hydrogen-bond acceptors (Lipinski definition) is 6. The number of carbonyl (C=O) groups excluding carboxylic acids is 1. The van der Waals surface area contributed by atoms with E-state index in [0.29, 0.717) is 0 Å². The zero-order valence-electron chi connectivity index (χ0n) is 6.37. The number of rotatable bonds is 5. The Morgan fingerprint density at radius 2 is 1.75 bits per heavy atom. The Labute approximate surface area is 69.2 Å². The lowest BCUT2D eigenvalue weighted by molar-refractivity contribution is -0.118. The van der Waals surface area contributed by atoms with Crippen LogP contribution in [0.25, 0.3) is 0 Å². The van der Waals surface area contributed by atoms with Crippen molar-refractivity contribution in [2.75, 3.05) is 6.61 Å². The van der Waals surface area contributed by atoms with Gasteiger partial charge in [0.15, 0.2) is 0 Å². The van der Waals surface area contributed by atoms with E-state index in [1.807, 2.05) is 0 Å². The highest BCUT2D eigenvalue weighted by Gasteiger charge is 2.28. The first kappa shape index (κ1) is 11.5. The fourth-order valence-corrected chi connectivity index (χ4v) is 0.644. The predicted octanol–water partition coefficient (Wildman–Crippen LogP) is -3.41. The molecule has 0 aliphatic heterocycles. The summed E-state index contributed by atoms with van der Waals surface area (Å²) in [6, 6.07) is -1.26. The van der Waals surface area contributed by atoms with Crippen LogP contribution in [-0.4, -0.2) is 57.7 Å². The standard InChI is InChI=1S/C6H13NO5/c7-3(1-8)5(11)6(12)4(10)2-9/h1,3-6,9-12H,2,7H2/t3-,4-,5?,6?/m1/s1. The Morgan fingerprint density at radius 3 is 2.08 bits per heavy atom. The molecule has 0 bridgehead atoms. The predicted molar refractivity (Wildman–Crippen MR) is 39.1 cm³/mol. The molecular formula is C6H13NO5. The molecule has 72 valence electrons. The second-order valence-corrected chi connectivity index (χ2v) is 2.44. The first-order chi connectivity index (χ1) is 5.54. The summed E-state index contributed by atoms with van der Waals surface area (Å²) < 4.78 is 0. The van der Waals surface area contributed by atoms with Gasteiger partial charge in [-0.3, -0.25) is 0 Å². The average molecular weight is 179 g/mol. The molecular weight excluding hydrogens is 166 g/mol. The monoisotopic (exact) mass is 179 g/mol. The van der Waals surface area contributed by atoms with E-state index in [2.05, 4.69) is 0 Å². The third kappa shape index (κ3) is 2.84. The molecule has 0 saturated carbocycles. The molecule has 0 heterocycles. The van der Waals surface area contributed by atoms with E-state index in [9.17, 15) is 4.79 Å². The number of nitrogens with two attached hydrogens (primary N) is 1. The van der Waals surface area contributed by atoms with Gasteiger partial charge in [-0.2, -0.15) is 0 Å². The van der Waals surface area contributed by atoms with Gasteiger partial charge in [-0.1, -0.05) is 0 Å². The SMILES string of the molecule is N[C@H](C=O)C(O)C(O)[C@H](O)CO. The molecule has 6 heteroatoms. The van der Waals surface area contributed by atoms with Crippen LogP contribution in [0.4, 0.5) is 0 Å². The number of hydrogen-bond donors (Lipinski definition) is 5. The molecule has 0 aromatic rings. The van der Waals surface area contributed by atoms with Gasteiger partial charge in [-0.05, 0) is 0 Å². The van der Waals surface area contributed by atoms with Crippen molar-refractivity contribution in [2.24, 2.45) is 5.73 Å². The Bertz CT molecular complexity index is 142. The lowest BCUT2D eigenvalue weighted by atomic mass is 10.0. The summed E-state index contributed by atoms with van der Waals surface area (Å²) in [5.74, 6) is 0. The van der Waals surface area contributed by atoms with Gasteiger partial charge < -0.3 is 31.0 Å². The van der Waals surface area contributed by atoms with Crippen molar-refractivity contribution in [1.29, 1.82) is 0 Å². The highest BCUT2D eigenvalue weighted by Crippen LogP contribution is 2.01. The molecule has 2 unspecified atom stereocenters. The summed E-state index contributed by atoms with van der Waals surface area (Å²) in [4.78, 5) is 10.0. The van der Waals surface area contributed by atoms with Crippen molar-refractivity contribution in [3.63, 3.8) is 0 Å². The fourth-order valence-electron chi connectivity index (χ4n) is 0.644. The summed E-state index contributed by atoms with van der Waals surface area (Å²) in [6.07, 6.45) is -4.43. The Hall–Kier alpha value is -0.530. The third-order valence-corrected chi connectivity index (χ3v) is 1.48. The van der Waals surface area contributed by atoms with Crippen LogP contribution < -0.4 is 5.73 Å². The number of aldehydes is 1. The molecule has 0 radical (unpaired) electrons. The van der Waals surface area contributed by atoms with E-state index in [1.165, 1.54) is 0 Å². The minimum Gasteiger partial charge on any atom is -0.394 e. The minimum atomic E-state index is -1.62. The lowest BCUT2D eigenvalue weighted by Gasteiger charge is -2.23. The summed E-state index contributed by atoms with van der Waals surface area (Å²) in [7, 11) is 0. The van der Waals surface area contributed by atoms with Gasteiger partial charge in [0.25, 0.3) is 0 Å². The maximum atomic E-state index is 10.0. The van der Waals surface area contributed by atoms with Gasteiger partial charge in [0, 0.05) is 0 Å². The second-order valence-electron chi connectivity index (χ2n) is 2.44. The fraction of sp³-hybridized carbons (Fsp3) is 0.833. The van der Waals surface area contributed by atoms with Crippen LogP contribution in [0, 0.1) is 0 Å². The molecule has 12 heavy (non-hydrogen) atoms. The van der Waals surface area contributed by atoms with Gasteiger partial charge in [-0.15, -0.1) is 0 Å². The zero-order valence-corrected chi connectivity index (χ0v) is 6.37. The highest BCUT2D eigenvalue weighted by molar-refractivity contribution is 5.58. The molecule has 0 saturated heterocycles. The Balaban J connectivity index is 4.07. The number of carbonyl (C=O) groups is 1. The maximum absolute atomic E-state index is 10.0. The van der Waals surface area contributed by atoms with E-state index in [4.69, 9.17) is 26.2 Å². The normalized spacial score (nSPS) is 21.1. The summed E-state index contributed by atoms with van der Waals surface area (Å²) in [5.41, 5.74) is 5.04. The van der Waals surface area contributed by atoms with Crippen LogP contribution >= 0.6 is 0 Å². The second kappa shape index (κ2) is 5.18. The molecule has 0 spiro atoms. The molecule has 6 nitrogen and oxygen atoms in total. The first-order valence-electron chi connectivity index (χ1n) is 3.40.